The normalized spacial score (nSPS) is 16.2. The fraction of sp³-hybridized carbons (Fsp3) is 0.474. The van der Waals surface area contributed by atoms with Crippen molar-refractivity contribution in [3.8, 4) is 0 Å². The van der Waals surface area contributed by atoms with Gasteiger partial charge in [-0.05, 0) is 50.8 Å². The first-order chi connectivity index (χ1) is 11.7. The van der Waals surface area contributed by atoms with Crippen molar-refractivity contribution < 1.29 is 4.79 Å². The number of nitrogens with zero attached hydrogens (tertiary/aromatic N) is 2. The van der Waals surface area contributed by atoms with Gasteiger partial charge in [0.15, 0.2) is 0 Å². The molecule has 0 radical (unpaired) electrons. The van der Waals surface area contributed by atoms with E-state index in [1.165, 1.54) is 24.8 Å². The second kappa shape index (κ2) is 8.40. The first-order valence-corrected chi connectivity index (χ1v) is 9.61. The average molecular weight is 343 g/mol. The van der Waals surface area contributed by atoms with Gasteiger partial charge < -0.3 is 5.32 Å². The number of likely N-dealkylation sites (tertiary alicyclic amines) is 1. The zero-order valence-electron chi connectivity index (χ0n) is 14.2. The number of thiazole rings is 1. The van der Waals surface area contributed by atoms with Crippen LogP contribution in [0.1, 0.15) is 40.8 Å². The van der Waals surface area contributed by atoms with Crippen molar-refractivity contribution in [1.29, 1.82) is 0 Å². The van der Waals surface area contributed by atoms with Crippen molar-refractivity contribution in [2.45, 2.75) is 32.7 Å². The minimum absolute atomic E-state index is 0.0680. The van der Waals surface area contributed by atoms with E-state index in [4.69, 9.17) is 0 Å². The molecule has 1 aromatic carbocycles. The molecule has 24 heavy (non-hydrogen) atoms. The Kier molecular flexibility index (Phi) is 5.99. The molecule has 0 spiro atoms. The summed E-state index contributed by atoms with van der Waals surface area (Å²) in [5.41, 5.74) is 2.00. The van der Waals surface area contributed by atoms with E-state index in [1.54, 1.807) is 11.3 Å². The third-order valence-corrected chi connectivity index (χ3v) is 5.39. The minimum atomic E-state index is -0.0680. The Morgan fingerprint density at radius 2 is 2.04 bits per heavy atom. The predicted octanol–water partition coefficient (Wildman–Crippen LogP) is 3.35. The minimum Gasteiger partial charge on any atom is -0.351 e. The van der Waals surface area contributed by atoms with Gasteiger partial charge in [0, 0.05) is 11.9 Å². The SMILES string of the molecule is CCNC(=O)c1csc(CN2CCC(Cc3ccccc3)CC2)n1. The molecule has 0 aliphatic carbocycles. The fourth-order valence-electron chi connectivity index (χ4n) is 3.23. The van der Waals surface area contributed by atoms with Crippen molar-refractivity contribution in [1.82, 2.24) is 15.2 Å². The summed E-state index contributed by atoms with van der Waals surface area (Å²) in [7, 11) is 0. The Morgan fingerprint density at radius 1 is 1.29 bits per heavy atom. The molecule has 0 atom stereocenters. The van der Waals surface area contributed by atoms with Gasteiger partial charge >= 0.3 is 0 Å². The zero-order valence-corrected chi connectivity index (χ0v) is 15.0. The summed E-state index contributed by atoms with van der Waals surface area (Å²) >= 11 is 1.59. The van der Waals surface area contributed by atoms with Crippen LogP contribution in [0.15, 0.2) is 35.7 Å². The third-order valence-electron chi connectivity index (χ3n) is 4.55. The molecular weight excluding hydrogens is 318 g/mol. The average Bonchev–Trinajstić information content (AvgIpc) is 3.06. The van der Waals surface area contributed by atoms with Crippen LogP contribution >= 0.6 is 11.3 Å². The molecule has 2 aromatic rings. The summed E-state index contributed by atoms with van der Waals surface area (Å²) in [6.45, 7) is 5.66. The smallest absolute Gasteiger partial charge is 0.270 e. The van der Waals surface area contributed by atoms with Gasteiger partial charge in [-0.3, -0.25) is 9.69 Å². The Labute approximate surface area is 147 Å². The van der Waals surface area contributed by atoms with E-state index in [-0.39, 0.29) is 5.91 Å². The van der Waals surface area contributed by atoms with Crippen molar-refractivity contribution in [3.63, 3.8) is 0 Å². The molecule has 1 aromatic heterocycles. The molecule has 1 N–H and O–H groups in total. The summed E-state index contributed by atoms with van der Waals surface area (Å²) in [5.74, 6) is 0.715. The standard InChI is InChI=1S/C19H25N3OS/c1-2-20-19(23)17-14-24-18(21-17)13-22-10-8-16(9-11-22)12-15-6-4-3-5-7-15/h3-7,14,16H,2,8-13H2,1H3,(H,20,23). The quantitative estimate of drug-likeness (QED) is 0.875. The number of hydrogen-bond acceptors (Lipinski definition) is 4. The highest BCUT2D eigenvalue weighted by Crippen LogP contribution is 2.23. The van der Waals surface area contributed by atoms with Crippen molar-refractivity contribution in [2.24, 2.45) is 5.92 Å². The van der Waals surface area contributed by atoms with Crippen LogP contribution in [0.25, 0.3) is 0 Å². The summed E-state index contributed by atoms with van der Waals surface area (Å²) < 4.78 is 0. The number of benzene rings is 1. The fourth-order valence-corrected chi connectivity index (χ4v) is 4.04. The number of carbonyl (C=O) groups excluding carboxylic acids is 1. The first kappa shape index (κ1) is 17.1. The van der Waals surface area contributed by atoms with Crippen molar-refractivity contribution in [2.75, 3.05) is 19.6 Å². The summed E-state index contributed by atoms with van der Waals surface area (Å²) in [4.78, 5) is 18.7. The van der Waals surface area contributed by atoms with Crippen LogP contribution in [0.2, 0.25) is 0 Å². The van der Waals surface area contributed by atoms with E-state index in [9.17, 15) is 4.79 Å². The topological polar surface area (TPSA) is 45.2 Å². The van der Waals surface area contributed by atoms with Crippen LogP contribution in [0.3, 0.4) is 0 Å². The highest BCUT2D eigenvalue weighted by molar-refractivity contribution is 7.09. The second-order valence-corrected chi connectivity index (χ2v) is 7.34. The summed E-state index contributed by atoms with van der Waals surface area (Å²) in [6.07, 6.45) is 3.67. The maximum atomic E-state index is 11.8. The van der Waals surface area contributed by atoms with E-state index in [1.807, 2.05) is 12.3 Å². The van der Waals surface area contributed by atoms with Crippen LogP contribution < -0.4 is 5.32 Å². The van der Waals surface area contributed by atoms with Gasteiger partial charge in [0.1, 0.15) is 10.7 Å². The van der Waals surface area contributed by atoms with Gasteiger partial charge in [-0.2, -0.15) is 0 Å². The Morgan fingerprint density at radius 3 is 2.75 bits per heavy atom. The zero-order chi connectivity index (χ0) is 16.8. The van der Waals surface area contributed by atoms with E-state index in [2.05, 4.69) is 45.5 Å². The number of carbonyl (C=O) groups is 1. The monoisotopic (exact) mass is 343 g/mol. The molecule has 0 bridgehead atoms. The number of piperidine rings is 1. The van der Waals surface area contributed by atoms with Crippen LogP contribution in [0.4, 0.5) is 0 Å². The third kappa shape index (κ3) is 4.65. The Bertz CT molecular complexity index is 648. The number of rotatable bonds is 6. The van der Waals surface area contributed by atoms with E-state index in [0.717, 1.165) is 30.6 Å². The van der Waals surface area contributed by atoms with E-state index >= 15 is 0 Å². The molecule has 4 nitrogen and oxygen atoms in total. The molecule has 0 unspecified atom stereocenters. The molecule has 2 heterocycles. The van der Waals surface area contributed by atoms with E-state index < -0.39 is 0 Å². The van der Waals surface area contributed by atoms with Crippen LogP contribution in [0, 0.1) is 5.92 Å². The number of amides is 1. The van der Waals surface area contributed by atoms with Crippen LogP contribution in [-0.2, 0) is 13.0 Å². The molecule has 1 fully saturated rings. The number of aromatic nitrogens is 1. The molecule has 128 valence electrons. The molecule has 3 rings (SSSR count). The van der Waals surface area contributed by atoms with Gasteiger partial charge in [0.05, 0.1) is 6.54 Å². The Balaban J connectivity index is 1.46. The van der Waals surface area contributed by atoms with Gasteiger partial charge in [-0.15, -0.1) is 11.3 Å². The van der Waals surface area contributed by atoms with Gasteiger partial charge in [-0.1, -0.05) is 30.3 Å². The number of nitrogens with one attached hydrogen (secondary N) is 1. The second-order valence-electron chi connectivity index (χ2n) is 6.40. The predicted molar refractivity (Wildman–Crippen MR) is 98.3 cm³/mol. The summed E-state index contributed by atoms with van der Waals surface area (Å²) in [5, 5.41) is 5.70. The largest absolute Gasteiger partial charge is 0.351 e. The maximum Gasteiger partial charge on any atom is 0.270 e. The lowest BCUT2D eigenvalue weighted by molar-refractivity contribution is 0.0951. The molecule has 1 aliphatic heterocycles. The van der Waals surface area contributed by atoms with E-state index in [0.29, 0.717) is 12.2 Å². The van der Waals surface area contributed by atoms with Crippen molar-refractivity contribution >= 4 is 17.2 Å². The van der Waals surface area contributed by atoms with Crippen LogP contribution in [-0.4, -0.2) is 35.4 Å². The number of hydrogen-bond donors (Lipinski definition) is 1. The molecule has 1 saturated heterocycles. The lowest BCUT2D eigenvalue weighted by Crippen LogP contribution is -2.33. The molecular formula is C19H25N3OS. The van der Waals surface area contributed by atoms with Crippen LogP contribution in [0.5, 0.6) is 0 Å². The summed E-state index contributed by atoms with van der Waals surface area (Å²) in [6, 6.07) is 10.8. The Hall–Kier alpha value is -1.72. The first-order valence-electron chi connectivity index (χ1n) is 8.73. The lowest BCUT2D eigenvalue weighted by atomic mass is 9.90. The highest BCUT2D eigenvalue weighted by atomic mass is 32.1. The molecule has 1 amide bonds. The van der Waals surface area contributed by atoms with Gasteiger partial charge in [0.25, 0.3) is 5.91 Å². The van der Waals surface area contributed by atoms with Gasteiger partial charge in [0.2, 0.25) is 0 Å². The lowest BCUT2D eigenvalue weighted by Gasteiger charge is -2.31. The highest BCUT2D eigenvalue weighted by Gasteiger charge is 2.20. The molecule has 5 heteroatoms. The van der Waals surface area contributed by atoms with Crippen molar-refractivity contribution in [3.05, 3.63) is 52.0 Å². The van der Waals surface area contributed by atoms with Gasteiger partial charge in [-0.25, -0.2) is 4.98 Å². The maximum absolute atomic E-state index is 11.8. The molecule has 1 aliphatic rings. The molecule has 0 saturated carbocycles.